The molecule has 5 rings (SSSR count). The topological polar surface area (TPSA) is 101 Å². The average molecular weight is 501 g/mol. The average Bonchev–Trinajstić information content (AvgIpc) is 3.21. The second-order valence-corrected chi connectivity index (χ2v) is 9.45. The molecule has 0 aromatic heterocycles. The van der Waals surface area contributed by atoms with Gasteiger partial charge in [0.25, 0.3) is 5.91 Å². The van der Waals surface area contributed by atoms with E-state index in [1.54, 1.807) is 25.2 Å². The highest BCUT2D eigenvalue weighted by atomic mass is 16.5. The molecule has 3 aromatic rings. The van der Waals surface area contributed by atoms with Crippen molar-refractivity contribution in [1.29, 1.82) is 0 Å². The lowest BCUT2D eigenvalue weighted by molar-refractivity contribution is -0.132. The van der Waals surface area contributed by atoms with Crippen LogP contribution in [0.3, 0.4) is 0 Å². The van der Waals surface area contributed by atoms with Crippen LogP contribution in [0.5, 0.6) is 17.2 Å². The number of aromatic hydroxyl groups is 1. The third-order valence-corrected chi connectivity index (χ3v) is 7.38. The van der Waals surface area contributed by atoms with Crippen molar-refractivity contribution in [3.8, 4) is 17.2 Å². The monoisotopic (exact) mass is 500 g/mol. The van der Waals surface area contributed by atoms with E-state index in [4.69, 9.17) is 20.2 Å². The summed E-state index contributed by atoms with van der Waals surface area (Å²) < 4.78 is 10.7. The third-order valence-electron chi connectivity index (χ3n) is 7.38. The number of rotatable bonds is 7. The number of likely N-dealkylation sites (tertiary alicyclic amines) is 1. The molecule has 0 saturated carbocycles. The highest BCUT2D eigenvalue weighted by Gasteiger charge is 2.52. The Labute approximate surface area is 216 Å². The van der Waals surface area contributed by atoms with Gasteiger partial charge in [-0.25, -0.2) is 4.99 Å². The van der Waals surface area contributed by atoms with Crippen LogP contribution in [0.15, 0.2) is 77.8 Å². The number of aliphatic imine (C=N–C) groups is 1. The second-order valence-electron chi connectivity index (χ2n) is 9.45. The molecule has 0 unspecified atom stereocenters. The summed E-state index contributed by atoms with van der Waals surface area (Å²) in [5.41, 5.74) is 7.57. The molecular formula is C29H32N4O4. The molecule has 1 amide bonds. The number of amides is 1. The maximum absolute atomic E-state index is 14.3. The minimum Gasteiger partial charge on any atom is -0.508 e. The standard InChI is InChI=1S/C29H32N4O4/c1-36-24-11-7-21(8-12-24)29(22-9-13-25(37-2)14-10-22)27(35)33(28(30)31-29)23-15-17-32(18-16-23)19-20-5-3-4-6-26(20)34/h3-14,23,34H,15-19H2,1-2H3,(H2,30,31). The number of hydrogen-bond acceptors (Lipinski definition) is 7. The van der Waals surface area contributed by atoms with Gasteiger partial charge in [-0.15, -0.1) is 0 Å². The molecule has 3 N–H and O–H groups in total. The largest absolute Gasteiger partial charge is 0.508 e. The number of phenolic OH excluding ortho intramolecular Hbond substituents is 1. The van der Waals surface area contributed by atoms with Gasteiger partial charge in [0.1, 0.15) is 17.2 Å². The van der Waals surface area contributed by atoms with E-state index >= 15 is 0 Å². The van der Waals surface area contributed by atoms with Crippen molar-refractivity contribution in [3.63, 3.8) is 0 Å². The van der Waals surface area contributed by atoms with Crippen molar-refractivity contribution in [2.45, 2.75) is 31.0 Å². The number of nitrogens with zero attached hydrogens (tertiary/aromatic N) is 3. The fourth-order valence-electron chi connectivity index (χ4n) is 5.33. The fourth-order valence-corrected chi connectivity index (χ4v) is 5.33. The molecule has 8 nitrogen and oxygen atoms in total. The number of ether oxygens (including phenoxy) is 2. The van der Waals surface area contributed by atoms with Gasteiger partial charge in [0.05, 0.1) is 14.2 Å². The summed E-state index contributed by atoms with van der Waals surface area (Å²) in [7, 11) is 3.22. The highest BCUT2D eigenvalue weighted by molar-refractivity contribution is 6.09. The van der Waals surface area contributed by atoms with Crippen LogP contribution in [-0.4, -0.2) is 60.1 Å². The zero-order valence-electron chi connectivity index (χ0n) is 21.1. The highest BCUT2D eigenvalue weighted by Crippen LogP contribution is 2.42. The Morgan fingerprint density at radius 3 is 1.97 bits per heavy atom. The SMILES string of the molecule is COc1ccc(C2(c3ccc(OC)cc3)N=C(N)N(C3CCN(Cc4ccccc4O)CC3)C2=O)cc1. The van der Waals surface area contributed by atoms with Crippen molar-refractivity contribution >= 4 is 11.9 Å². The first kappa shape index (κ1) is 24.6. The van der Waals surface area contributed by atoms with E-state index in [1.165, 1.54) is 0 Å². The molecule has 0 atom stereocenters. The van der Waals surface area contributed by atoms with E-state index in [1.807, 2.05) is 66.7 Å². The van der Waals surface area contributed by atoms with Gasteiger partial charge in [0, 0.05) is 31.2 Å². The predicted molar refractivity (Wildman–Crippen MR) is 142 cm³/mol. The molecular weight excluding hydrogens is 468 g/mol. The Bertz CT molecular complexity index is 1230. The number of hydrogen-bond donors (Lipinski definition) is 2. The van der Waals surface area contributed by atoms with E-state index in [0.717, 1.165) is 42.6 Å². The number of guanidine groups is 1. The number of piperidine rings is 1. The van der Waals surface area contributed by atoms with Crippen LogP contribution >= 0.6 is 0 Å². The predicted octanol–water partition coefficient (Wildman–Crippen LogP) is 3.47. The molecule has 1 fully saturated rings. The molecule has 1 saturated heterocycles. The number of carbonyl (C=O) groups is 1. The zero-order chi connectivity index (χ0) is 26.0. The molecule has 37 heavy (non-hydrogen) atoms. The normalized spacial score (nSPS) is 18.1. The number of para-hydroxylation sites is 1. The van der Waals surface area contributed by atoms with Crippen LogP contribution in [-0.2, 0) is 16.9 Å². The van der Waals surface area contributed by atoms with Gasteiger partial charge in [-0.2, -0.15) is 0 Å². The Kier molecular flexibility index (Phi) is 6.76. The first-order chi connectivity index (χ1) is 18.0. The van der Waals surface area contributed by atoms with Crippen molar-refractivity contribution in [1.82, 2.24) is 9.80 Å². The first-order valence-electron chi connectivity index (χ1n) is 12.4. The number of carbonyl (C=O) groups excluding carboxylic acids is 1. The maximum Gasteiger partial charge on any atom is 0.266 e. The molecule has 3 aromatic carbocycles. The first-order valence-corrected chi connectivity index (χ1v) is 12.4. The maximum atomic E-state index is 14.3. The van der Waals surface area contributed by atoms with E-state index in [2.05, 4.69) is 4.90 Å². The Morgan fingerprint density at radius 1 is 0.919 bits per heavy atom. The summed E-state index contributed by atoms with van der Waals surface area (Å²) in [5.74, 6) is 1.78. The van der Waals surface area contributed by atoms with Crippen molar-refractivity contribution in [2.75, 3.05) is 27.3 Å². The molecule has 0 bridgehead atoms. The van der Waals surface area contributed by atoms with Crippen LogP contribution in [0, 0.1) is 0 Å². The van der Waals surface area contributed by atoms with Gasteiger partial charge in [0.2, 0.25) is 0 Å². The Balaban J connectivity index is 1.41. The number of phenols is 1. The molecule has 192 valence electrons. The summed E-state index contributed by atoms with van der Waals surface area (Å²) in [4.78, 5) is 23.1. The fraction of sp³-hybridized carbons (Fsp3) is 0.310. The lowest BCUT2D eigenvalue weighted by atomic mass is 9.82. The lowest BCUT2D eigenvalue weighted by Gasteiger charge is -2.37. The summed E-state index contributed by atoms with van der Waals surface area (Å²) in [6, 6.07) is 22.2. The van der Waals surface area contributed by atoms with Crippen molar-refractivity contribution in [2.24, 2.45) is 10.7 Å². The van der Waals surface area contributed by atoms with Gasteiger partial charge in [-0.1, -0.05) is 42.5 Å². The summed E-state index contributed by atoms with van der Waals surface area (Å²) >= 11 is 0. The van der Waals surface area contributed by atoms with E-state index in [0.29, 0.717) is 23.8 Å². The summed E-state index contributed by atoms with van der Waals surface area (Å²) in [5, 5.41) is 10.1. The summed E-state index contributed by atoms with van der Waals surface area (Å²) in [6.45, 7) is 2.24. The van der Waals surface area contributed by atoms with Gasteiger partial charge < -0.3 is 20.3 Å². The van der Waals surface area contributed by atoms with Crippen LogP contribution in [0.2, 0.25) is 0 Å². The van der Waals surface area contributed by atoms with E-state index in [9.17, 15) is 9.90 Å². The summed E-state index contributed by atoms with van der Waals surface area (Å²) in [6.07, 6.45) is 1.52. The number of nitrogens with two attached hydrogens (primary N) is 1. The van der Waals surface area contributed by atoms with Crippen LogP contribution in [0.1, 0.15) is 29.5 Å². The molecule has 2 heterocycles. The molecule has 0 spiro atoms. The van der Waals surface area contributed by atoms with Gasteiger partial charge in [-0.05, 0) is 54.3 Å². The Morgan fingerprint density at radius 2 is 1.46 bits per heavy atom. The Hall–Kier alpha value is -4.04. The van der Waals surface area contributed by atoms with Gasteiger partial charge in [-0.3, -0.25) is 14.6 Å². The second kappa shape index (κ2) is 10.1. The minimum atomic E-state index is -1.28. The molecule has 0 aliphatic carbocycles. The van der Waals surface area contributed by atoms with Crippen LogP contribution in [0.4, 0.5) is 0 Å². The van der Waals surface area contributed by atoms with Crippen LogP contribution < -0.4 is 15.2 Å². The van der Waals surface area contributed by atoms with Gasteiger partial charge >= 0.3 is 0 Å². The van der Waals surface area contributed by atoms with E-state index in [-0.39, 0.29) is 17.9 Å². The lowest BCUT2D eigenvalue weighted by Crippen LogP contribution is -2.52. The zero-order valence-corrected chi connectivity index (χ0v) is 21.1. The molecule has 0 radical (unpaired) electrons. The third kappa shape index (κ3) is 4.49. The quantitative estimate of drug-likeness (QED) is 0.515. The van der Waals surface area contributed by atoms with Gasteiger partial charge in [0.15, 0.2) is 11.5 Å². The van der Waals surface area contributed by atoms with Crippen molar-refractivity contribution < 1.29 is 19.4 Å². The molecule has 2 aliphatic rings. The number of benzene rings is 3. The molecule has 8 heteroatoms. The number of methoxy groups -OCH3 is 2. The van der Waals surface area contributed by atoms with E-state index < -0.39 is 5.54 Å². The van der Waals surface area contributed by atoms with Crippen LogP contribution in [0.25, 0.3) is 0 Å². The smallest absolute Gasteiger partial charge is 0.266 e. The van der Waals surface area contributed by atoms with Crippen molar-refractivity contribution in [3.05, 3.63) is 89.5 Å². The minimum absolute atomic E-state index is 0.0600. The molecule has 2 aliphatic heterocycles.